The first kappa shape index (κ1) is 12.3. The van der Waals surface area contributed by atoms with E-state index in [2.05, 4.69) is 44.7 Å². The third-order valence-corrected chi connectivity index (χ3v) is 2.15. The predicted molar refractivity (Wildman–Crippen MR) is 71.3 cm³/mol. The van der Waals surface area contributed by atoms with Crippen molar-refractivity contribution in [2.45, 2.75) is 20.8 Å². The predicted octanol–water partition coefficient (Wildman–Crippen LogP) is 4.60. The summed E-state index contributed by atoms with van der Waals surface area (Å²) >= 11 is 0. The van der Waals surface area contributed by atoms with Gasteiger partial charge in [-0.25, -0.2) is 0 Å². The molecule has 0 aliphatic heterocycles. The summed E-state index contributed by atoms with van der Waals surface area (Å²) in [7, 11) is 0. The van der Waals surface area contributed by atoms with Crippen molar-refractivity contribution in [1.29, 1.82) is 0 Å². The highest BCUT2D eigenvalue weighted by Gasteiger charge is 1.84. The second-order valence-electron chi connectivity index (χ2n) is 3.93. The Bertz CT molecular complexity index is 438. The van der Waals surface area contributed by atoms with Crippen LogP contribution < -0.4 is 0 Å². The fourth-order valence-corrected chi connectivity index (χ4v) is 1.34. The highest BCUT2D eigenvalue weighted by Crippen LogP contribution is 2.04. The Hall–Kier alpha value is -1.78. The minimum Gasteiger partial charge on any atom is -0.121 e. The zero-order chi connectivity index (χ0) is 11.8. The third-order valence-electron chi connectivity index (χ3n) is 2.15. The molecule has 0 saturated carbocycles. The molecule has 0 radical (unpaired) electrons. The van der Waals surface area contributed by atoms with Crippen molar-refractivity contribution < 1.29 is 0 Å². The Morgan fingerprint density at radius 3 is 2.12 bits per heavy atom. The van der Waals surface area contributed by atoms with Gasteiger partial charge in [0.1, 0.15) is 0 Å². The molecule has 1 aromatic rings. The van der Waals surface area contributed by atoms with E-state index in [-0.39, 0.29) is 0 Å². The van der Waals surface area contributed by atoms with Crippen LogP contribution in [-0.2, 0) is 0 Å². The highest BCUT2D eigenvalue weighted by molar-refractivity contribution is 5.32. The average molecular weight is 210 g/mol. The van der Waals surface area contributed by atoms with Gasteiger partial charge in [0.25, 0.3) is 0 Å². The minimum atomic E-state index is 1.26. The zero-order valence-electron chi connectivity index (χ0n) is 10.2. The number of hydrogen-bond acceptors (Lipinski definition) is 0. The second-order valence-corrected chi connectivity index (χ2v) is 3.93. The third kappa shape index (κ3) is 5.19. The molecule has 0 bridgehead atoms. The molecule has 1 aromatic carbocycles. The summed E-state index contributed by atoms with van der Waals surface area (Å²) in [6.45, 7) is 6.24. The molecule has 2 rings (SSSR count). The summed E-state index contributed by atoms with van der Waals surface area (Å²) in [5, 5.41) is 0. The van der Waals surface area contributed by atoms with Gasteiger partial charge in [-0.05, 0) is 38.5 Å². The Balaban J connectivity index is 0.000000165. The van der Waals surface area contributed by atoms with Crippen molar-refractivity contribution in [2.24, 2.45) is 0 Å². The van der Waals surface area contributed by atoms with Crippen LogP contribution in [0.4, 0.5) is 0 Å². The summed E-state index contributed by atoms with van der Waals surface area (Å²) in [6.07, 6.45) is 8.10. The lowest BCUT2D eigenvalue weighted by atomic mass is 10.2. The van der Waals surface area contributed by atoms with Crippen LogP contribution >= 0.6 is 0 Å². The summed E-state index contributed by atoms with van der Waals surface area (Å²) in [6, 6.07) is 10.3. The van der Waals surface area contributed by atoms with Crippen LogP contribution in [0.5, 0.6) is 0 Å². The SMILES string of the molecule is CC1=CC=C=CC(C)=C1.Cc1ccccc1. The molecular formula is C16H18. The molecule has 0 nitrogen and oxygen atoms in total. The molecule has 1 aliphatic carbocycles. The molecule has 0 heteroatoms. The van der Waals surface area contributed by atoms with Crippen LogP contribution in [-0.4, -0.2) is 0 Å². The van der Waals surface area contributed by atoms with Gasteiger partial charge in [-0.15, -0.1) is 5.73 Å². The van der Waals surface area contributed by atoms with Crippen molar-refractivity contribution in [1.82, 2.24) is 0 Å². The van der Waals surface area contributed by atoms with E-state index in [1.54, 1.807) is 0 Å². The number of benzene rings is 1. The van der Waals surface area contributed by atoms with E-state index in [1.807, 2.05) is 36.4 Å². The maximum absolute atomic E-state index is 3.03. The standard InChI is InChI=1S/C9H10.C7H8/c1-8-5-3-4-6-9(2)7-8;1-7-5-3-2-4-6-7/h3,5-7H,1-2H3;2-6H,1H3. The largest absolute Gasteiger partial charge is 0.121 e. The van der Waals surface area contributed by atoms with Gasteiger partial charge in [0.15, 0.2) is 0 Å². The molecule has 1 aliphatic rings. The summed E-state index contributed by atoms with van der Waals surface area (Å²) in [5.41, 5.74) is 6.90. The molecule has 16 heavy (non-hydrogen) atoms. The molecule has 0 N–H and O–H groups in total. The quantitative estimate of drug-likeness (QED) is 0.549. The number of aryl methyl sites for hydroxylation is 1. The van der Waals surface area contributed by atoms with Gasteiger partial charge in [0.2, 0.25) is 0 Å². The first-order valence-electron chi connectivity index (χ1n) is 5.48. The minimum absolute atomic E-state index is 1.26. The topological polar surface area (TPSA) is 0 Å². The van der Waals surface area contributed by atoms with E-state index in [4.69, 9.17) is 0 Å². The second kappa shape index (κ2) is 6.66. The van der Waals surface area contributed by atoms with Crippen LogP contribution in [0, 0.1) is 6.92 Å². The van der Waals surface area contributed by atoms with Gasteiger partial charge in [-0.1, -0.05) is 53.6 Å². The van der Waals surface area contributed by atoms with Gasteiger partial charge >= 0.3 is 0 Å². The van der Waals surface area contributed by atoms with Gasteiger partial charge in [0, 0.05) is 0 Å². The van der Waals surface area contributed by atoms with Crippen molar-refractivity contribution in [2.75, 3.05) is 0 Å². The van der Waals surface area contributed by atoms with Gasteiger partial charge < -0.3 is 0 Å². The number of allylic oxidation sites excluding steroid dienone is 5. The van der Waals surface area contributed by atoms with E-state index in [9.17, 15) is 0 Å². The Kier molecular flexibility index (Phi) is 5.11. The molecule has 0 heterocycles. The van der Waals surface area contributed by atoms with Gasteiger partial charge in [-0.2, -0.15) is 0 Å². The monoisotopic (exact) mass is 210 g/mol. The van der Waals surface area contributed by atoms with E-state index in [1.165, 1.54) is 16.7 Å². The van der Waals surface area contributed by atoms with E-state index in [0.717, 1.165) is 0 Å². The first-order valence-corrected chi connectivity index (χ1v) is 5.48. The van der Waals surface area contributed by atoms with Crippen molar-refractivity contribution in [3.63, 3.8) is 0 Å². The lowest BCUT2D eigenvalue weighted by Gasteiger charge is -1.87. The first-order chi connectivity index (χ1) is 7.68. The highest BCUT2D eigenvalue weighted by atomic mass is 13.9. The molecular weight excluding hydrogens is 192 g/mol. The smallest absolute Gasteiger partial charge is 0.0170 e. The van der Waals surface area contributed by atoms with Crippen LogP contribution in [0.2, 0.25) is 0 Å². The average Bonchev–Trinajstić information content (AvgIpc) is 2.44. The van der Waals surface area contributed by atoms with Crippen molar-refractivity contribution in [3.05, 3.63) is 77.1 Å². The molecule has 0 amide bonds. The van der Waals surface area contributed by atoms with E-state index < -0.39 is 0 Å². The van der Waals surface area contributed by atoms with Gasteiger partial charge in [0.05, 0.1) is 0 Å². The van der Waals surface area contributed by atoms with E-state index in [0.29, 0.717) is 0 Å². The molecule has 0 spiro atoms. The van der Waals surface area contributed by atoms with Crippen LogP contribution in [0.1, 0.15) is 19.4 Å². The van der Waals surface area contributed by atoms with Crippen LogP contribution in [0.15, 0.2) is 71.5 Å². The molecule has 82 valence electrons. The lowest BCUT2D eigenvalue weighted by Crippen LogP contribution is -1.67. The van der Waals surface area contributed by atoms with Crippen LogP contribution in [0.3, 0.4) is 0 Å². The molecule has 0 aromatic heterocycles. The molecule has 0 unspecified atom stereocenters. The number of hydrogen-bond donors (Lipinski definition) is 0. The fraction of sp³-hybridized carbons (Fsp3) is 0.188. The van der Waals surface area contributed by atoms with E-state index >= 15 is 0 Å². The summed E-state index contributed by atoms with van der Waals surface area (Å²) in [5.74, 6) is 0. The molecule has 0 fully saturated rings. The summed E-state index contributed by atoms with van der Waals surface area (Å²) in [4.78, 5) is 0. The Morgan fingerprint density at radius 1 is 0.875 bits per heavy atom. The number of rotatable bonds is 0. The molecule has 0 saturated heterocycles. The maximum atomic E-state index is 3.03. The van der Waals surface area contributed by atoms with Crippen molar-refractivity contribution in [3.8, 4) is 0 Å². The molecule has 0 atom stereocenters. The maximum Gasteiger partial charge on any atom is -0.0170 e. The Morgan fingerprint density at radius 2 is 1.56 bits per heavy atom. The van der Waals surface area contributed by atoms with Crippen LogP contribution in [0.25, 0.3) is 0 Å². The van der Waals surface area contributed by atoms with Gasteiger partial charge in [-0.3, -0.25) is 0 Å². The lowest BCUT2D eigenvalue weighted by molar-refractivity contribution is 1.45. The normalized spacial score (nSPS) is 13.2. The fourth-order valence-electron chi connectivity index (χ4n) is 1.34. The zero-order valence-corrected chi connectivity index (χ0v) is 10.2. The summed E-state index contributed by atoms with van der Waals surface area (Å²) < 4.78 is 0. The van der Waals surface area contributed by atoms with Crippen molar-refractivity contribution >= 4 is 0 Å². The Labute approximate surface area is 98.3 Å².